The molecule has 4 heterocycles. The highest BCUT2D eigenvalue weighted by molar-refractivity contribution is 5.38. The summed E-state index contributed by atoms with van der Waals surface area (Å²) in [6, 6.07) is -1.45. The zero-order valence-electron chi connectivity index (χ0n) is 12.8. The van der Waals surface area contributed by atoms with Crippen LogP contribution in [0.25, 0.3) is 5.69 Å². The summed E-state index contributed by atoms with van der Waals surface area (Å²) in [5.74, 6) is -11.4. The summed E-state index contributed by atoms with van der Waals surface area (Å²) < 4.78 is 75.8. The Kier molecular flexibility index (Phi) is 2.60. The quantitative estimate of drug-likeness (QED) is 0.249. The Morgan fingerprint density at radius 2 is 1.42 bits per heavy atom. The van der Waals surface area contributed by atoms with Gasteiger partial charge in [-0.1, -0.05) is 12.2 Å². The fourth-order valence-corrected chi connectivity index (χ4v) is 3.91. The van der Waals surface area contributed by atoms with Crippen LogP contribution in [0.4, 0.5) is 22.0 Å². The number of aromatic nitrogens is 3. The third kappa shape index (κ3) is 1.47. The zero-order chi connectivity index (χ0) is 18.7. The van der Waals surface area contributed by atoms with E-state index >= 15 is 0 Å². The molecule has 6 rings (SSSR count). The molecule has 1 aliphatic carbocycles. The van der Waals surface area contributed by atoms with Gasteiger partial charge in [0.15, 0.2) is 23.3 Å². The number of halogens is 5. The highest BCUT2D eigenvalue weighted by Gasteiger charge is 2.67. The molecule has 1 saturated heterocycles. The number of epoxide rings is 1. The molecule has 26 heavy (non-hydrogen) atoms. The summed E-state index contributed by atoms with van der Waals surface area (Å²) >= 11 is 0. The Labute approximate surface area is 140 Å². The molecule has 1 aromatic carbocycles. The maximum atomic E-state index is 14.1. The van der Waals surface area contributed by atoms with Gasteiger partial charge in [0, 0.05) is 0 Å². The Balaban J connectivity index is 1.86. The number of ether oxygens (including phenoxy) is 1. The maximum absolute atomic E-state index is 14.1. The van der Waals surface area contributed by atoms with Crippen LogP contribution in [0.15, 0.2) is 21.7 Å². The van der Waals surface area contributed by atoms with E-state index in [1.165, 1.54) is 0 Å². The van der Waals surface area contributed by atoms with E-state index in [1.807, 2.05) is 0 Å². The smallest absolute Gasteiger partial charge is 0.352 e. The highest BCUT2D eigenvalue weighted by Crippen LogP contribution is 2.56. The first-order valence-corrected chi connectivity index (χ1v) is 7.54. The van der Waals surface area contributed by atoms with Crippen molar-refractivity contribution in [3.8, 4) is 5.69 Å². The van der Waals surface area contributed by atoms with Crippen molar-refractivity contribution in [2.45, 2.75) is 30.7 Å². The van der Waals surface area contributed by atoms with Crippen LogP contribution in [0, 0.1) is 29.1 Å². The molecule has 136 valence electrons. The van der Waals surface area contributed by atoms with Crippen LogP contribution in [0.3, 0.4) is 0 Å². The molecule has 1 fully saturated rings. The first kappa shape index (κ1) is 15.6. The maximum Gasteiger partial charge on any atom is 0.352 e. The summed E-state index contributed by atoms with van der Waals surface area (Å²) in [6.07, 6.45) is 2.80. The second-order valence-corrected chi connectivity index (χ2v) is 6.55. The van der Waals surface area contributed by atoms with Gasteiger partial charge in [0.25, 0.3) is 0 Å². The van der Waals surface area contributed by atoms with Crippen molar-refractivity contribution < 1.29 is 26.7 Å². The van der Waals surface area contributed by atoms with Gasteiger partial charge in [-0.2, -0.15) is 0 Å². The van der Waals surface area contributed by atoms with Crippen LogP contribution in [0.2, 0.25) is 0 Å². The van der Waals surface area contributed by atoms with E-state index < -0.39 is 69.9 Å². The van der Waals surface area contributed by atoms with Gasteiger partial charge in [-0.25, -0.2) is 45.5 Å². The number of benzene rings is 1. The second kappa shape index (κ2) is 4.34. The first-order chi connectivity index (χ1) is 12.2. The summed E-state index contributed by atoms with van der Waals surface area (Å²) in [5.41, 5.74) is -4.79. The van der Waals surface area contributed by atoms with Crippen molar-refractivity contribution >= 4 is 0 Å². The average Bonchev–Trinajstić information content (AvgIpc) is 3.29. The Bertz CT molecular complexity index is 1130. The normalized spacial score (nSPS) is 30.5. The van der Waals surface area contributed by atoms with E-state index in [0.717, 1.165) is 9.36 Å². The third-order valence-corrected chi connectivity index (χ3v) is 5.24. The summed E-state index contributed by atoms with van der Waals surface area (Å²) in [4.78, 5) is 25.3. The lowest BCUT2D eigenvalue weighted by atomic mass is 9.86. The fourth-order valence-electron chi connectivity index (χ4n) is 3.91. The van der Waals surface area contributed by atoms with E-state index in [9.17, 15) is 31.5 Å². The molecule has 11 heteroatoms. The molecule has 6 nitrogen and oxygen atoms in total. The lowest BCUT2D eigenvalue weighted by Gasteiger charge is -2.33. The second-order valence-electron chi connectivity index (χ2n) is 6.55. The van der Waals surface area contributed by atoms with Gasteiger partial charge in [0.1, 0.15) is 29.5 Å². The van der Waals surface area contributed by atoms with E-state index in [1.54, 1.807) is 19.1 Å². The topological polar surface area (TPSA) is 61.5 Å². The van der Waals surface area contributed by atoms with Crippen LogP contribution in [0.5, 0.6) is 0 Å². The van der Waals surface area contributed by atoms with Gasteiger partial charge in [-0.05, 0) is 6.92 Å². The van der Waals surface area contributed by atoms with Gasteiger partial charge >= 0.3 is 11.4 Å². The molecule has 0 amide bonds. The lowest BCUT2D eigenvalue weighted by molar-refractivity contribution is 0.230. The molecule has 0 radical (unpaired) electrons. The molecular weight excluding hydrogens is 365 g/mol. The van der Waals surface area contributed by atoms with Gasteiger partial charge in [0.2, 0.25) is 5.82 Å². The van der Waals surface area contributed by atoms with E-state index in [0.29, 0.717) is 0 Å². The minimum Gasteiger partial charge on any atom is -0.361 e. The van der Waals surface area contributed by atoms with Gasteiger partial charge in [-0.15, -0.1) is 0 Å². The standard InChI is InChI=1S/C15H8F5N3O3/c1-15-5-3-2-4(12(15)26-15)22-13(24)21(14(25)23(5)22)11-9(19)7(17)6(16)8(18)10(11)20/h2-5,12H,1H3. The fraction of sp³-hybridized carbons (Fsp3) is 0.333. The van der Waals surface area contributed by atoms with Gasteiger partial charge in [0.05, 0.1) is 0 Å². The van der Waals surface area contributed by atoms with Gasteiger partial charge < -0.3 is 4.74 Å². The third-order valence-electron chi connectivity index (χ3n) is 5.24. The monoisotopic (exact) mass is 373 g/mol. The number of rotatable bonds is 1. The van der Waals surface area contributed by atoms with Crippen molar-refractivity contribution in [1.29, 1.82) is 0 Å². The van der Waals surface area contributed by atoms with Crippen LogP contribution in [0.1, 0.15) is 19.0 Å². The molecular formula is C15H8F5N3O3. The van der Waals surface area contributed by atoms with Crippen LogP contribution < -0.4 is 11.4 Å². The minimum atomic E-state index is -2.37. The molecule has 4 unspecified atom stereocenters. The number of hydrogen-bond donors (Lipinski definition) is 0. The molecule has 0 N–H and O–H groups in total. The Morgan fingerprint density at radius 3 is 2.04 bits per heavy atom. The zero-order valence-corrected chi connectivity index (χ0v) is 12.8. The van der Waals surface area contributed by atoms with E-state index in [2.05, 4.69) is 0 Å². The SMILES string of the molecule is CC12OC1C1C=CC2n2c(=O)n(-c3c(F)c(F)c(F)c(F)c3F)c(=O)n21. The van der Waals surface area contributed by atoms with Crippen molar-refractivity contribution in [3.63, 3.8) is 0 Å². The van der Waals surface area contributed by atoms with Crippen molar-refractivity contribution in [3.05, 3.63) is 62.2 Å². The molecule has 1 aromatic heterocycles. The van der Waals surface area contributed by atoms with E-state index in [4.69, 9.17) is 4.74 Å². The molecule has 0 spiro atoms. The number of hydrogen-bond acceptors (Lipinski definition) is 3. The van der Waals surface area contributed by atoms with Crippen molar-refractivity contribution in [2.24, 2.45) is 0 Å². The van der Waals surface area contributed by atoms with Crippen LogP contribution >= 0.6 is 0 Å². The Hall–Kier alpha value is -2.69. The Morgan fingerprint density at radius 1 is 0.885 bits per heavy atom. The number of nitrogens with zero attached hydrogens (tertiary/aromatic N) is 3. The molecule has 2 bridgehead atoms. The molecule has 3 aliphatic heterocycles. The molecule has 2 aromatic rings. The molecule has 4 aliphatic rings. The predicted molar refractivity (Wildman–Crippen MR) is 74.6 cm³/mol. The lowest BCUT2D eigenvalue weighted by Crippen LogP contribution is -2.48. The van der Waals surface area contributed by atoms with Gasteiger partial charge in [-0.3, -0.25) is 0 Å². The van der Waals surface area contributed by atoms with Crippen LogP contribution in [-0.4, -0.2) is 25.6 Å². The molecule has 4 atom stereocenters. The summed E-state index contributed by atoms with van der Waals surface area (Å²) in [5, 5.41) is 0. The van der Waals surface area contributed by atoms with E-state index in [-0.39, 0.29) is 4.57 Å². The minimum absolute atomic E-state index is 0.0304. The van der Waals surface area contributed by atoms with Crippen molar-refractivity contribution in [1.82, 2.24) is 13.9 Å². The summed E-state index contributed by atoms with van der Waals surface area (Å²) in [6.45, 7) is 1.70. The highest BCUT2D eigenvalue weighted by atomic mass is 19.2. The largest absolute Gasteiger partial charge is 0.361 e. The average molecular weight is 373 g/mol. The summed E-state index contributed by atoms with van der Waals surface area (Å²) in [7, 11) is 0. The first-order valence-electron chi connectivity index (χ1n) is 7.54. The predicted octanol–water partition coefficient (Wildman–Crippen LogP) is 1.32. The molecule has 0 saturated carbocycles. The van der Waals surface area contributed by atoms with Crippen LogP contribution in [-0.2, 0) is 4.74 Å². The van der Waals surface area contributed by atoms with Crippen molar-refractivity contribution in [2.75, 3.05) is 0 Å².